The Bertz CT molecular complexity index is 888. The van der Waals surface area contributed by atoms with Crippen LogP contribution in [0.4, 0.5) is 18.3 Å². The Balaban J connectivity index is 1.38. The van der Waals surface area contributed by atoms with E-state index in [1.54, 1.807) is 0 Å². The van der Waals surface area contributed by atoms with Crippen molar-refractivity contribution in [3.63, 3.8) is 0 Å². The molecule has 0 unspecified atom stereocenters. The largest absolute Gasteiger partial charge is 0.417 e. The Morgan fingerprint density at radius 2 is 1.64 bits per heavy atom. The Hall–Kier alpha value is -1.96. The van der Waals surface area contributed by atoms with Gasteiger partial charge in [0.2, 0.25) is 5.13 Å². The van der Waals surface area contributed by atoms with Crippen LogP contribution in [0.2, 0.25) is 0 Å². The van der Waals surface area contributed by atoms with Crippen LogP contribution in [0.5, 0.6) is 0 Å². The van der Waals surface area contributed by atoms with E-state index in [-0.39, 0.29) is 10.5 Å². The molecule has 28 heavy (non-hydrogen) atoms. The van der Waals surface area contributed by atoms with Crippen molar-refractivity contribution in [2.24, 2.45) is 17.8 Å². The summed E-state index contributed by atoms with van der Waals surface area (Å²) in [5.74, 6) is 1.46. The van der Waals surface area contributed by atoms with E-state index < -0.39 is 23.2 Å². The zero-order valence-electron chi connectivity index (χ0n) is 15.1. The molecule has 4 fully saturated rings. The fourth-order valence-corrected chi connectivity index (χ4v) is 6.91. The fraction of sp³-hybridized carbons (Fsp3) is 0.550. The first-order chi connectivity index (χ1) is 13.3. The van der Waals surface area contributed by atoms with Gasteiger partial charge >= 0.3 is 6.18 Å². The molecule has 1 N–H and O–H groups in total. The van der Waals surface area contributed by atoms with Gasteiger partial charge in [0.15, 0.2) is 0 Å². The van der Waals surface area contributed by atoms with E-state index in [1.165, 1.54) is 48.8 Å². The predicted molar refractivity (Wildman–Crippen MR) is 99.2 cm³/mol. The summed E-state index contributed by atoms with van der Waals surface area (Å²) in [5, 5.41) is 12.2. The molecular weight excluding hydrogens is 387 g/mol. The second-order valence-corrected chi connectivity index (χ2v) is 9.59. The van der Waals surface area contributed by atoms with Crippen molar-refractivity contribution < 1.29 is 18.0 Å². The minimum Gasteiger partial charge on any atom is -0.296 e. The van der Waals surface area contributed by atoms with Crippen molar-refractivity contribution in [1.29, 1.82) is 0 Å². The maximum atomic E-state index is 13.2. The lowest BCUT2D eigenvalue weighted by atomic mass is 9.50. The second kappa shape index (κ2) is 6.27. The SMILES string of the molecule is O=C(Nc1nnc(C23CC4CC(CC(C4)C2)C3)s1)c1ccccc1C(F)(F)F. The zero-order chi connectivity index (χ0) is 19.5. The van der Waals surface area contributed by atoms with E-state index >= 15 is 0 Å². The number of aromatic nitrogens is 2. The van der Waals surface area contributed by atoms with Crippen LogP contribution < -0.4 is 5.32 Å². The van der Waals surface area contributed by atoms with Crippen LogP contribution in [0.3, 0.4) is 0 Å². The first-order valence-corrected chi connectivity index (χ1v) is 10.5. The van der Waals surface area contributed by atoms with E-state index in [1.807, 2.05) is 0 Å². The number of amides is 1. The van der Waals surface area contributed by atoms with E-state index in [9.17, 15) is 18.0 Å². The van der Waals surface area contributed by atoms with E-state index in [2.05, 4.69) is 15.5 Å². The lowest BCUT2D eigenvalue weighted by Crippen LogP contribution is -2.48. The Morgan fingerprint density at radius 3 is 2.25 bits per heavy atom. The smallest absolute Gasteiger partial charge is 0.296 e. The summed E-state index contributed by atoms with van der Waals surface area (Å²) in [5.41, 5.74) is -1.29. The third kappa shape index (κ3) is 3.02. The van der Waals surface area contributed by atoms with Gasteiger partial charge in [0, 0.05) is 5.41 Å². The molecule has 2 aromatic rings. The molecule has 1 aromatic heterocycles. The number of nitrogens with zero attached hydrogens (tertiary/aromatic N) is 2. The van der Waals surface area contributed by atoms with Crippen LogP contribution in [0.1, 0.15) is 59.5 Å². The number of rotatable bonds is 3. The maximum Gasteiger partial charge on any atom is 0.417 e. The number of halogens is 3. The Morgan fingerprint density at radius 1 is 1.04 bits per heavy atom. The van der Waals surface area contributed by atoms with Crippen molar-refractivity contribution in [2.75, 3.05) is 5.32 Å². The molecule has 4 bridgehead atoms. The summed E-state index contributed by atoms with van der Waals surface area (Å²) < 4.78 is 39.5. The molecule has 148 valence electrons. The van der Waals surface area contributed by atoms with Gasteiger partial charge in [0.1, 0.15) is 5.01 Å². The fourth-order valence-electron chi connectivity index (χ4n) is 5.95. The molecule has 6 rings (SSSR count). The summed E-state index contributed by atoms with van der Waals surface area (Å²) in [6.07, 6.45) is 2.73. The van der Waals surface area contributed by atoms with Gasteiger partial charge in [-0.3, -0.25) is 10.1 Å². The molecule has 0 radical (unpaired) electrons. The van der Waals surface area contributed by atoms with Gasteiger partial charge < -0.3 is 0 Å². The highest BCUT2D eigenvalue weighted by molar-refractivity contribution is 7.15. The first-order valence-electron chi connectivity index (χ1n) is 9.64. The molecule has 0 atom stereocenters. The summed E-state index contributed by atoms with van der Waals surface area (Å²) in [4.78, 5) is 12.5. The van der Waals surface area contributed by atoms with Gasteiger partial charge in [-0.25, -0.2) is 0 Å². The first kappa shape index (κ1) is 18.1. The summed E-state index contributed by atoms with van der Waals surface area (Å²) >= 11 is 1.32. The average Bonchev–Trinajstić information content (AvgIpc) is 3.09. The molecule has 4 saturated carbocycles. The van der Waals surface area contributed by atoms with Crippen LogP contribution in [-0.4, -0.2) is 16.1 Å². The van der Waals surface area contributed by atoms with Crippen molar-refractivity contribution in [1.82, 2.24) is 10.2 Å². The monoisotopic (exact) mass is 407 g/mol. The standard InChI is InChI=1S/C20H20F3N3OS/c21-20(22,23)15-4-2-1-3-14(15)16(27)24-18-26-25-17(28-18)19-8-11-5-12(9-19)7-13(6-11)10-19/h1-4,11-13H,5-10H2,(H,24,26,27). The number of alkyl halides is 3. The quantitative estimate of drug-likeness (QED) is 0.753. The average molecular weight is 407 g/mol. The van der Waals surface area contributed by atoms with Crippen molar-refractivity contribution >= 4 is 22.4 Å². The number of anilines is 1. The number of benzene rings is 1. The summed E-state index contributed by atoms with van der Waals surface area (Å²) in [6, 6.07) is 4.79. The molecule has 1 aromatic carbocycles. The molecule has 0 saturated heterocycles. The molecule has 4 nitrogen and oxygen atoms in total. The van der Waals surface area contributed by atoms with E-state index in [4.69, 9.17) is 0 Å². The predicted octanol–water partition coefficient (Wildman–Crippen LogP) is 5.28. The van der Waals surface area contributed by atoms with Crippen LogP contribution in [0.15, 0.2) is 24.3 Å². The Kier molecular flexibility index (Phi) is 4.05. The van der Waals surface area contributed by atoms with Crippen LogP contribution in [0.25, 0.3) is 0 Å². The second-order valence-electron chi connectivity index (χ2n) is 8.61. The molecule has 4 aliphatic carbocycles. The van der Waals surface area contributed by atoms with E-state index in [0.29, 0.717) is 0 Å². The number of carbonyl (C=O) groups excluding carboxylic acids is 1. The molecule has 4 aliphatic rings. The van der Waals surface area contributed by atoms with Crippen molar-refractivity contribution in [2.45, 2.75) is 50.1 Å². The number of nitrogens with one attached hydrogen (secondary N) is 1. The summed E-state index contributed by atoms with van der Waals surface area (Å²) in [6.45, 7) is 0. The van der Waals surface area contributed by atoms with Gasteiger partial charge in [0.05, 0.1) is 11.1 Å². The lowest BCUT2D eigenvalue weighted by Gasteiger charge is -2.55. The van der Waals surface area contributed by atoms with Crippen LogP contribution >= 0.6 is 11.3 Å². The minimum absolute atomic E-state index is 0.0548. The van der Waals surface area contributed by atoms with Crippen LogP contribution in [0, 0.1) is 17.8 Å². The number of carbonyl (C=O) groups is 1. The van der Waals surface area contributed by atoms with E-state index in [0.717, 1.165) is 48.1 Å². The van der Waals surface area contributed by atoms with Gasteiger partial charge in [0.25, 0.3) is 5.91 Å². The molecule has 8 heteroatoms. The highest BCUT2D eigenvalue weighted by Crippen LogP contribution is 2.61. The molecular formula is C20H20F3N3OS. The van der Waals surface area contributed by atoms with Gasteiger partial charge in [-0.05, 0) is 68.4 Å². The number of hydrogen-bond acceptors (Lipinski definition) is 4. The molecule has 0 spiro atoms. The highest BCUT2D eigenvalue weighted by Gasteiger charge is 2.53. The van der Waals surface area contributed by atoms with Gasteiger partial charge in [-0.15, -0.1) is 10.2 Å². The molecule has 1 heterocycles. The summed E-state index contributed by atoms with van der Waals surface area (Å²) in [7, 11) is 0. The normalized spacial score (nSPS) is 31.2. The zero-order valence-corrected chi connectivity index (χ0v) is 15.9. The maximum absolute atomic E-state index is 13.2. The molecule has 0 aliphatic heterocycles. The van der Waals surface area contributed by atoms with Crippen LogP contribution in [-0.2, 0) is 11.6 Å². The van der Waals surface area contributed by atoms with Gasteiger partial charge in [-0.2, -0.15) is 13.2 Å². The van der Waals surface area contributed by atoms with Gasteiger partial charge in [-0.1, -0.05) is 23.5 Å². The topological polar surface area (TPSA) is 54.9 Å². The molecule has 1 amide bonds. The van der Waals surface area contributed by atoms with Crippen molar-refractivity contribution in [3.05, 3.63) is 40.4 Å². The minimum atomic E-state index is -4.58. The van der Waals surface area contributed by atoms with Crippen molar-refractivity contribution in [3.8, 4) is 0 Å². The number of hydrogen-bond donors (Lipinski definition) is 1. The lowest BCUT2D eigenvalue weighted by molar-refractivity contribution is -0.137. The third-order valence-corrected chi connectivity index (χ3v) is 7.70. The third-order valence-electron chi connectivity index (χ3n) is 6.61. The highest BCUT2D eigenvalue weighted by atomic mass is 32.1. The Labute approximate surface area is 164 Å².